The molecule has 1 unspecified atom stereocenters. The molecule has 112 valence electrons. The van der Waals surface area contributed by atoms with Gasteiger partial charge in [-0.25, -0.2) is 0 Å². The third kappa shape index (κ3) is 3.57. The summed E-state index contributed by atoms with van der Waals surface area (Å²) < 4.78 is 0. The van der Waals surface area contributed by atoms with Gasteiger partial charge in [-0.2, -0.15) is 0 Å². The Morgan fingerprint density at radius 3 is 2.14 bits per heavy atom. The lowest BCUT2D eigenvalue weighted by atomic mass is 9.95. The minimum Gasteiger partial charge on any atom is -0.378 e. The molecule has 0 radical (unpaired) electrons. The first-order valence-electron chi connectivity index (χ1n) is 7.50. The Hall–Kier alpha value is -1.96. The van der Waals surface area contributed by atoms with Crippen molar-refractivity contribution in [2.45, 2.75) is 33.7 Å². The maximum absolute atomic E-state index is 3.63. The van der Waals surface area contributed by atoms with Crippen molar-refractivity contribution in [1.29, 1.82) is 0 Å². The molecule has 0 spiro atoms. The summed E-state index contributed by atoms with van der Waals surface area (Å²) in [7, 11) is 4.13. The minimum atomic E-state index is 0.294. The van der Waals surface area contributed by atoms with Crippen molar-refractivity contribution in [3.8, 4) is 0 Å². The number of nitrogens with one attached hydrogen (secondary N) is 1. The zero-order valence-corrected chi connectivity index (χ0v) is 14.0. The summed E-state index contributed by atoms with van der Waals surface area (Å²) in [5.74, 6) is 0. The molecule has 21 heavy (non-hydrogen) atoms. The average Bonchev–Trinajstić information content (AvgIpc) is 2.37. The predicted molar refractivity (Wildman–Crippen MR) is 93.5 cm³/mol. The van der Waals surface area contributed by atoms with Gasteiger partial charge in [0.2, 0.25) is 0 Å². The molecule has 0 aliphatic carbocycles. The summed E-state index contributed by atoms with van der Waals surface area (Å²) in [4.78, 5) is 2.12. The van der Waals surface area contributed by atoms with E-state index in [4.69, 9.17) is 0 Å². The first kappa shape index (κ1) is 15.4. The van der Waals surface area contributed by atoms with Crippen LogP contribution in [0.5, 0.6) is 0 Å². The van der Waals surface area contributed by atoms with E-state index in [-0.39, 0.29) is 0 Å². The number of aryl methyl sites for hydroxylation is 3. The molecule has 0 fully saturated rings. The van der Waals surface area contributed by atoms with Crippen molar-refractivity contribution in [3.05, 3.63) is 58.7 Å². The molecule has 1 N–H and O–H groups in total. The second kappa shape index (κ2) is 6.21. The highest BCUT2D eigenvalue weighted by Crippen LogP contribution is 2.27. The Morgan fingerprint density at radius 1 is 0.952 bits per heavy atom. The van der Waals surface area contributed by atoms with E-state index in [1.807, 2.05) is 0 Å². The zero-order chi connectivity index (χ0) is 15.6. The smallest absolute Gasteiger partial charge is 0.0490 e. The molecule has 0 aliphatic heterocycles. The molecule has 0 aromatic heterocycles. The van der Waals surface area contributed by atoms with Gasteiger partial charge in [0.25, 0.3) is 0 Å². The first-order chi connectivity index (χ1) is 9.88. The Labute approximate surface area is 128 Å². The molecule has 0 amide bonds. The van der Waals surface area contributed by atoms with E-state index in [9.17, 15) is 0 Å². The van der Waals surface area contributed by atoms with Crippen molar-refractivity contribution >= 4 is 11.4 Å². The van der Waals surface area contributed by atoms with Crippen molar-refractivity contribution in [2.75, 3.05) is 24.3 Å². The van der Waals surface area contributed by atoms with Crippen molar-refractivity contribution in [3.63, 3.8) is 0 Å². The van der Waals surface area contributed by atoms with Crippen LogP contribution >= 0.6 is 0 Å². The number of rotatable bonds is 4. The normalized spacial score (nSPS) is 12.1. The predicted octanol–water partition coefficient (Wildman–Crippen LogP) is 4.85. The van der Waals surface area contributed by atoms with Crippen LogP contribution < -0.4 is 10.2 Å². The summed E-state index contributed by atoms with van der Waals surface area (Å²) in [5.41, 5.74) is 7.82. The van der Waals surface area contributed by atoms with Crippen LogP contribution in [-0.2, 0) is 0 Å². The summed E-state index contributed by atoms with van der Waals surface area (Å²) in [6.45, 7) is 8.78. The maximum Gasteiger partial charge on any atom is 0.0490 e. The molecule has 0 bridgehead atoms. The van der Waals surface area contributed by atoms with Gasteiger partial charge in [0.15, 0.2) is 0 Å². The van der Waals surface area contributed by atoms with Crippen LogP contribution in [0.3, 0.4) is 0 Å². The van der Waals surface area contributed by atoms with Gasteiger partial charge in [0, 0.05) is 31.5 Å². The molecule has 2 aromatic rings. The fraction of sp³-hybridized carbons (Fsp3) is 0.368. The average molecular weight is 282 g/mol. The summed E-state index contributed by atoms with van der Waals surface area (Å²) in [5, 5.41) is 3.63. The molecular weight excluding hydrogens is 256 g/mol. The highest BCUT2D eigenvalue weighted by atomic mass is 15.1. The number of nitrogens with zero attached hydrogens (tertiary/aromatic N) is 1. The van der Waals surface area contributed by atoms with Gasteiger partial charge < -0.3 is 10.2 Å². The summed E-state index contributed by atoms with van der Waals surface area (Å²) >= 11 is 0. The van der Waals surface area contributed by atoms with E-state index in [1.54, 1.807) is 0 Å². The van der Waals surface area contributed by atoms with Gasteiger partial charge in [-0.05, 0) is 62.6 Å². The molecule has 0 saturated heterocycles. The Balaban J connectivity index is 2.26. The molecule has 2 heteroatoms. The third-order valence-electron chi connectivity index (χ3n) is 3.92. The SMILES string of the molecule is Cc1cc(C)c(C(C)Nc2cccc(N(C)C)c2)c(C)c1. The lowest BCUT2D eigenvalue weighted by molar-refractivity contribution is 0.862. The number of hydrogen-bond donors (Lipinski definition) is 1. The minimum absolute atomic E-state index is 0.294. The van der Waals surface area contributed by atoms with Crippen LogP contribution in [-0.4, -0.2) is 14.1 Å². The fourth-order valence-corrected chi connectivity index (χ4v) is 3.07. The second-order valence-electron chi connectivity index (χ2n) is 6.12. The lowest BCUT2D eigenvalue weighted by Gasteiger charge is -2.22. The second-order valence-corrected chi connectivity index (χ2v) is 6.12. The molecule has 2 rings (SSSR count). The van der Waals surface area contributed by atoms with Gasteiger partial charge in [0.1, 0.15) is 0 Å². The maximum atomic E-state index is 3.63. The highest BCUT2D eigenvalue weighted by Gasteiger charge is 2.12. The van der Waals surface area contributed by atoms with Gasteiger partial charge in [-0.1, -0.05) is 23.8 Å². The third-order valence-corrected chi connectivity index (χ3v) is 3.92. The van der Waals surface area contributed by atoms with Crippen LogP contribution in [0.2, 0.25) is 0 Å². The van der Waals surface area contributed by atoms with Crippen molar-refractivity contribution < 1.29 is 0 Å². The van der Waals surface area contributed by atoms with Gasteiger partial charge in [-0.3, -0.25) is 0 Å². The summed E-state index contributed by atoms with van der Waals surface area (Å²) in [6, 6.07) is 13.4. The molecular formula is C19H26N2. The molecule has 0 aliphatic rings. The largest absolute Gasteiger partial charge is 0.378 e. The Kier molecular flexibility index (Phi) is 4.56. The van der Waals surface area contributed by atoms with E-state index in [2.05, 4.69) is 88.4 Å². The molecule has 1 atom stereocenters. The van der Waals surface area contributed by atoms with Crippen molar-refractivity contribution in [1.82, 2.24) is 0 Å². The quantitative estimate of drug-likeness (QED) is 0.862. The Bertz CT molecular complexity index is 606. The standard InChI is InChI=1S/C19H26N2/c1-13-10-14(2)19(15(3)11-13)16(4)20-17-8-7-9-18(12-17)21(5)6/h7-12,16,20H,1-6H3. The molecule has 2 nitrogen and oxygen atoms in total. The van der Waals surface area contributed by atoms with Gasteiger partial charge in [-0.15, -0.1) is 0 Å². The Morgan fingerprint density at radius 2 is 1.57 bits per heavy atom. The van der Waals surface area contributed by atoms with Gasteiger partial charge in [0.05, 0.1) is 0 Å². The molecule has 0 saturated carbocycles. The monoisotopic (exact) mass is 282 g/mol. The zero-order valence-electron chi connectivity index (χ0n) is 14.0. The summed E-state index contributed by atoms with van der Waals surface area (Å²) in [6.07, 6.45) is 0. The molecule has 2 aromatic carbocycles. The van der Waals surface area contributed by atoms with Crippen LogP contribution in [0.15, 0.2) is 36.4 Å². The molecule has 0 heterocycles. The van der Waals surface area contributed by atoms with Crippen LogP contribution in [0, 0.1) is 20.8 Å². The van der Waals surface area contributed by atoms with E-state index in [0.29, 0.717) is 6.04 Å². The van der Waals surface area contributed by atoms with E-state index in [1.165, 1.54) is 27.9 Å². The van der Waals surface area contributed by atoms with Crippen LogP contribution in [0.25, 0.3) is 0 Å². The lowest BCUT2D eigenvalue weighted by Crippen LogP contribution is -2.12. The number of benzene rings is 2. The first-order valence-corrected chi connectivity index (χ1v) is 7.50. The topological polar surface area (TPSA) is 15.3 Å². The highest BCUT2D eigenvalue weighted by molar-refractivity contribution is 5.58. The number of hydrogen-bond acceptors (Lipinski definition) is 2. The van der Waals surface area contributed by atoms with Crippen LogP contribution in [0.1, 0.15) is 35.2 Å². The van der Waals surface area contributed by atoms with Gasteiger partial charge >= 0.3 is 0 Å². The fourth-order valence-electron chi connectivity index (χ4n) is 3.07. The number of anilines is 2. The van der Waals surface area contributed by atoms with E-state index < -0.39 is 0 Å². The van der Waals surface area contributed by atoms with E-state index >= 15 is 0 Å². The van der Waals surface area contributed by atoms with Crippen molar-refractivity contribution in [2.24, 2.45) is 0 Å². The van der Waals surface area contributed by atoms with Crippen LogP contribution in [0.4, 0.5) is 11.4 Å². The van der Waals surface area contributed by atoms with E-state index in [0.717, 1.165) is 5.69 Å².